The van der Waals surface area contributed by atoms with Crippen LogP contribution in [0.25, 0.3) is 11.0 Å². The monoisotopic (exact) mass is 522 g/mol. The van der Waals surface area contributed by atoms with Gasteiger partial charge in [-0.25, -0.2) is 4.79 Å². The number of aromatic carboxylic acids is 1. The number of hydrogen-bond acceptors (Lipinski definition) is 4. The van der Waals surface area contributed by atoms with Crippen LogP contribution in [0.3, 0.4) is 0 Å². The van der Waals surface area contributed by atoms with Gasteiger partial charge in [0, 0.05) is 11.8 Å². The molecule has 0 spiro atoms. The van der Waals surface area contributed by atoms with E-state index < -0.39 is 5.97 Å². The van der Waals surface area contributed by atoms with Crippen LogP contribution in [0.5, 0.6) is 0 Å². The Kier molecular flexibility index (Phi) is 6.50. The molecule has 4 saturated carbocycles. The quantitative estimate of drug-likeness (QED) is 0.396. The average molecular weight is 523 g/mol. The van der Waals surface area contributed by atoms with E-state index in [9.17, 15) is 20.1 Å². The predicted octanol–water partition coefficient (Wildman–Crippen LogP) is 6.94. The van der Waals surface area contributed by atoms with Crippen molar-refractivity contribution in [2.75, 3.05) is 0 Å². The molecule has 4 aliphatic rings. The standard InChI is InChI=1S/C33H46O5/c1-5-21-27-16-19(34)11-13-33(27,4)26-12-14-32(3)24(9-10-25(32)29(26)30(21)35)18(2)15-20-17-23-22(31(36)37)7-6-8-28(23)38-20/h6-8,17-19,21,24-27,29-30,34-35H,5,9-16H2,1-4H3,(H,36,37)/t18-,19-,21-,24-,25?,26?,27+,29?,30-,32-,33-/m1/s1. The molecule has 0 bridgehead atoms. The highest BCUT2D eigenvalue weighted by Gasteiger charge is 2.64. The lowest BCUT2D eigenvalue weighted by Gasteiger charge is -2.64. The summed E-state index contributed by atoms with van der Waals surface area (Å²) < 4.78 is 6.15. The molecule has 5 nitrogen and oxygen atoms in total. The summed E-state index contributed by atoms with van der Waals surface area (Å²) in [6, 6.07) is 7.19. The number of aliphatic hydroxyl groups excluding tert-OH is 2. The lowest BCUT2D eigenvalue weighted by Crippen LogP contribution is -2.62. The molecule has 4 aliphatic carbocycles. The topological polar surface area (TPSA) is 90.9 Å². The number of hydrogen-bond donors (Lipinski definition) is 3. The SMILES string of the molecule is CC[C@H]1[C@@H](O)C2C3CC[C@H]([C@H](C)Cc4cc5c(C(=O)O)cccc5o4)[C@@]3(C)CCC2[C@@]2(C)CC[C@@H](O)C[C@@H]12. The van der Waals surface area contributed by atoms with E-state index in [1.807, 2.05) is 12.1 Å². The van der Waals surface area contributed by atoms with E-state index in [-0.39, 0.29) is 29.0 Å². The van der Waals surface area contributed by atoms with Crippen LogP contribution < -0.4 is 0 Å². The average Bonchev–Trinajstić information content (AvgIpc) is 3.45. The molecule has 1 aromatic heterocycles. The number of fused-ring (bicyclic) bond motifs is 6. The summed E-state index contributed by atoms with van der Waals surface area (Å²) in [5, 5.41) is 32.7. The van der Waals surface area contributed by atoms with Crippen LogP contribution in [0, 0.1) is 52.3 Å². The molecule has 3 N–H and O–H groups in total. The van der Waals surface area contributed by atoms with Gasteiger partial charge in [-0.15, -0.1) is 0 Å². The Balaban J connectivity index is 1.26. The first-order valence-corrected chi connectivity index (χ1v) is 15.2. The van der Waals surface area contributed by atoms with Gasteiger partial charge in [-0.3, -0.25) is 0 Å². The van der Waals surface area contributed by atoms with Crippen LogP contribution in [-0.2, 0) is 6.42 Å². The predicted molar refractivity (Wildman–Crippen MR) is 148 cm³/mol. The molecule has 11 atom stereocenters. The van der Waals surface area contributed by atoms with Crippen LogP contribution in [-0.4, -0.2) is 33.5 Å². The Hall–Kier alpha value is -1.85. The summed E-state index contributed by atoms with van der Waals surface area (Å²) in [7, 11) is 0. The minimum absolute atomic E-state index is 0.204. The van der Waals surface area contributed by atoms with Crippen LogP contribution in [0.2, 0.25) is 0 Å². The number of furan rings is 1. The second kappa shape index (κ2) is 9.37. The highest BCUT2D eigenvalue weighted by atomic mass is 16.4. The van der Waals surface area contributed by atoms with Gasteiger partial charge in [0.05, 0.1) is 17.8 Å². The van der Waals surface area contributed by atoms with Gasteiger partial charge in [-0.05, 0) is 115 Å². The molecule has 38 heavy (non-hydrogen) atoms. The molecule has 2 aromatic rings. The van der Waals surface area contributed by atoms with E-state index in [1.54, 1.807) is 12.1 Å². The van der Waals surface area contributed by atoms with Gasteiger partial charge in [-0.1, -0.05) is 40.2 Å². The van der Waals surface area contributed by atoms with Crippen molar-refractivity contribution >= 4 is 16.9 Å². The van der Waals surface area contributed by atoms with Crippen molar-refractivity contribution in [1.29, 1.82) is 0 Å². The fourth-order valence-corrected chi connectivity index (χ4v) is 10.8. The maximum absolute atomic E-state index is 11.9. The summed E-state index contributed by atoms with van der Waals surface area (Å²) in [5.41, 5.74) is 1.38. The molecule has 0 amide bonds. The van der Waals surface area contributed by atoms with Gasteiger partial charge < -0.3 is 19.7 Å². The van der Waals surface area contributed by atoms with Gasteiger partial charge >= 0.3 is 5.97 Å². The Morgan fingerprint density at radius 1 is 1.05 bits per heavy atom. The first-order chi connectivity index (χ1) is 18.1. The maximum atomic E-state index is 11.9. The van der Waals surface area contributed by atoms with E-state index in [0.29, 0.717) is 52.0 Å². The van der Waals surface area contributed by atoms with Crippen molar-refractivity contribution in [2.45, 2.75) is 97.7 Å². The van der Waals surface area contributed by atoms with E-state index in [1.165, 1.54) is 25.7 Å². The second-order valence-corrected chi connectivity index (χ2v) is 14.0. The van der Waals surface area contributed by atoms with Crippen LogP contribution >= 0.6 is 0 Å². The van der Waals surface area contributed by atoms with Gasteiger partial charge in [0.1, 0.15) is 11.3 Å². The molecular formula is C33H46O5. The van der Waals surface area contributed by atoms with Gasteiger partial charge in [0.2, 0.25) is 0 Å². The number of carboxylic acids is 1. The molecule has 208 valence electrons. The maximum Gasteiger partial charge on any atom is 0.336 e. The fraction of sp³-hybridized carbons (Fsp3) is 0.727. The molecule has 6 rings (SSSR count). The fourth-order valence-electron chi connectivity index (χ4n) is 10.8. The summed E-state index contributed by atoms with van der Waals surface area (Å²) in [4.78, 5) is 11.7. The number of carboxylic acid groups (broad SMARTS) is 1. The normalized spacial score (nSPS) is 43.3. The van der Waals surface area contributed by atoms with Crippen LogP contribution in [0.4, 0.5) is 0 Å². The van der Waals surface area contributed by atoms with Gasteiger partial charge in [0.15, 0.2) is 0 Å². The lowest BCUT2D eigenvalue weighted by molar-refractivity contribution is -0.203. The van der Waals surface area contributed by atoms with Crippen LogP contribution in [0.15, 0.2) is 28.7 Å². The number of aliphatic hydroxyl groups is 2. The first-order valence-electron chi connectivity index (χ1n) is 15.2. The third-order valence-corrected chi connectivity index (χ3v) is 12.5. The zero-order valence-corrected chi connectivity index (χ0v) is 23.5. The van der Waals surface area contributed by atoms with Crippen molar-refractivity contribution < 1.29 is 24.5 Å². The molecule has 0 radical (unpaired) electrons. The highest BCUT2D eigenvalue weighted by Crippen LogP contribution is 2.69. The van der Waals surface area contributed by atoms with Crippen molar-refractivity contribution in [3.63, 3.8) is 0 Å². The summed E-state index contributed by atoms with van der Waals surface area (Å²) in [6.45, 7) is 9.60. The molecule has 4 fully saturated rings. The molecule has 1 aromatic carbocycles. The third-order valence-electron chi connectivity index (χ3n) is 12.5. The van der Waals surface area contributed by atoms with Gasteiger partial charge in [-0.2, -0.15) is 0 Å². The molecule has 0 aliphatic heterocycles. The van der Waals surface area contributed by atoms with E-state index in [4.69, 9.17) is 4.42 Å². The largest absolute Gasteiger partial charge is 0.478 e. The van der Waals surface area contributed by atoms with E-state index >= 15 is 0 Å². The van der Waals surface area contributed by atoms with Crippen LogP contribution in [0.1, 0.15) is 95.2 Å². The Morgan fingerprint density at radius 2 is 1.79 bits per heavy atom. The van der Waals surface area contributed by atoms with E-state index in [0.717, 1.165) is 37.9 Å². The Morgan fingerprint density at radius 3 is 2.53 bits per heavy atom. The van der Waals surface area contributed by atoms with Crippen molar-refractivity contribution in [1.82, 2.24) is 0 Å². The molecular weight excluding hydrogens is 476 g/mol. The zero-order valence-electron chi connectivity index (χ0n) is 23.5. The van der Waals surface area contributed by atoms with Crippen molar-refractivity contribution in [2.24, 2.45) is 52.3 Å². The van der Waals surface area contributed by atoms with E-state index in [2.05, 4.69) is 27.7 Å². The highest BCUT2D eigenvalue weighted by molar-refractivity contribution is 6.02. The number of benzene rings is 1. The smallest absolute Gasteiger partial charge is 0.336 e. The molecule has 5 heteroatoms. The summed E-state index contributed by atoms with van der Waals surface area (Å²) in [6.07, 6.45) is 8.97. The Labute approximate surface area is 227 Å². The number of rotatable bonds is 5. The third kappa shape index (κ3) is 3.82. The summed E-state index contributed by atoms with van der Waals surface area (Å²) >= 11 is 0. The minimum Gasteiger partial charge on any atom is -0.478 e. The molecule has 1 heterocycles. The van der Waals surface area contributed by atoms with Gasteiger partial charge in [0.25, 0.3) is 0 Å². The summed E-state index contributed by atoms with van der Waals surface area (Å²) in [5.74, 6) is 3.10. The minimum atomic E-state index is -0.918. The molecule has 0 saturated heterocycles. The Bertz CT molecular complexity index is 1200. The number of carbonyl (C=O) groups is 1. The molecule has 3 unspecified atom stereocenters. The second-order valence-electron chi connectivity index (χ2n) is 14.0. The lowest BCUT2D eigenvalue weighted by atomic mass is 9.41. The van der Waals surface area contributed by atoms with Crippen molar-refractivity contribution in [3.05, 3.63) is 35.6 Å². The zero-order chi connectivity index (χ0) is 27.0. The van der Waals surface area contributed by atoms with Crippen molar-refractivity contribution in [3.8, 4) is 0 Å². The first kappa shape index (κ1) is 26.4.